The Bertz CT molecular complexity index is 405. The first kappa shape index (κ1) is 16.0. The van der Waals surface area contributed by atoms with Crippen LogP contribution in [0, 0.1) is 5.41 Å². The molecule has 1 rings (SSSR count). The quantitative estimate of drug-likeness (QED) is 0.860. The first-order chi connectivity index (χ1) is 8.60. The minimum absolute atomic E-state index is 0.187. The standard InChI is InChI=1S/C15H21F3O/c1-14(2,3)13(19)9-5-7-11-6-4-8-12(10-11)15(16,17)18/h4,6,8,10,13,19H,5,7,9H2,1-3H3. The highest BCUT2D eigenvalue weighted by atomic mass is 19.4. The van der Waals surface area contributed by atoms with E-state index in [0.717, 1.165) is 6.07 Å². The lowest BCUT2D eigenvalue weighted by Crippen LogP contribution is -2.25. The smallest absolute Gasteiger partial charge is 0.393 e. The first-order valence-corrected chi connectivity index (χ1v) is 6.45. The molecule has 0 fully saturated rings. The van der Waals surface area contributed by atoms with Crippen LogP contribution in [0.4, 0.5) is 13.2 Å². The molecule has 0 aliphatic heterocycles. The molecule has 0 bridgehead atoms. The van der Waals surface area contributed by atoms with Crippen molar-refractivity contribution in [3.8, 4) is 0 Å². The van der Waals surface area contributed by atoms with E-state index in [2.05, 4.69) is 0 Å². The third kappa shape index (κ3) is 5.23. The monoisotopic (exact) mass is 274 g/mol. The second kappa shape index (κ2) is 5.95. The highest BCUT2D eigenvalue weighted by Gasteiger charge is 2.30. The molecule has 0 spiro atoms. The first-order valence-electron chi connectivity index (χ1n) is 6.45. The van der Waals surface area contributed by atoms with E-state index in [9.17, 15) is 18.3 Å². The summed E-state index contributed by atoms with van der Waals surface area (Å²) in [5, 5.41) is 9.87. The molecule has 0 radical (unpaired) electrons. The molecule has 4 heteroatoms. The predicted molar refractivity (Wildman–Crippen MR) is 69.8 cm³/mol. The molecule has 1 nitrogen and oxygen atoms in total. The maximum absolute atomic E-state index is 12.5. The van der Waals surface area contributed by atoms with Gasteiger partial charge in [-0.3, -0.25) is 0 Å². The zero-order valence-corrected chi connectivity index (χ0v) is 11.6. The number of alkyl halides is 3. The van der Waals surface area contributed by atoms with Crippen molar-refractivity contribution < 1.29 is 18.3 Å². The molecule has 19 heavy (non-hydrogen) atoms. The summed E-state index contributed by atoms with van der Waals surface area (Å²) in [6, 6.07) is 5.38. The molecule has 108 valence electrons. The van der Waals surface area contributed by atoms with Gasteiger partial charge in [-0.2, -0.15) is 13.2 Å². The molecule has 0 heterocycles. The fourth-order valence-corrected chi connectivity index (χ4v) is 1.84. The third-order valence-corrected chi connectivity index (χ3v) is 3.20. The van der Waals surface area contributed by atoms with Crippen LogP contribution in [0.15, 0.2) is 24.3 Å². The minimum Gasteiger partial charge on any atom is -0.393 e. The van der Waals surface area contributed by atoms with Crippen molar-refractivity contribution in [2.75, 3.05) is 0 Å². The number of hydrogen-bond acceptors (Lipinski definition) is 1. The largest absolute Gasteiger partial charge is 0.416 e. The Kier molecular flexibility index (Phi) is 5.02. The molecule has 1 unspecified atom stereocenters. The molecule has 0 amide bonds. The molecule has 1 aromatic rings. The van der Waals surface area contributed by atoms with E-state index in [1.807, 2.05) is 20.8 Å². The molecule has 0 aliphatic rings. The van der Waals surface area contributed by atoms with E-state index in [1.54, 1.807) is 6.07 Å². The van der Waals surface area contributed by atoms with E-state index >= 15 is 0 Å². The van der Waals surface area contributed by atoms with Gasteiger partial charge in [0.1, 0.15) is 0 Å². The summed E-state index contributed by atoms with van der Waals surface area (Å²) < 4.78 is 37.6. The second-order valence-electron chi connectivity index (χ2n) is 5.97. The minimum atomic E-state index is -4.29. The van der Waals surface area contributed by atoms with Crippen molar-refractivity contribution in [1.82, 2.24) is 0 Å². The topological polar surface area (TPSA) is 20.2 Å². The number of hydrogen-bond donors (Lipinski definition) is 1. The van der Waals surface area contributed by atoms with E-state index in [4.69, 9.17) is 0 Å². The number of rotatable bonds is 4. The number of benzene rings is 1. The van der Waals surface area contributed by atoms with Crippen LogP contribution in [0.5, 0.6) is 0 Å². The van der Waals surface area contributed by atoms with Crippen LogP contribution >= 0.6 is 0 Å². The summed E-state index contributed by atoms with van der Waals surface area (Å²) in [5.74, 6) is 0. The van der Waals surface area contributed by atoms with Crippen LogP contribution in [0.2, 0.25) is 0 Å². The summed E-state index contributed by atoms with van der Waals surface area (Å²) in [6.45, 7) is 5.84. The fraction of sp³-hybridized carbons (Fsp3) is 0.600. The average molecular weight is 274 g/mol. The van der Waals surface area contributed by atoms with Crippen LogP contribution in [0.3, 0.4) is 0 Å². The van der Waals surface area contributed by atoms with Gasteiger partial charge in [-0.25, -0.2) is 0 Å². The Balaban J connectivity index is 2.55. The number of aliphatic hydroxyl groups is 1. The van der Waals surface area contributed by atoms with Gasteiger partial charge in [0.05, 0.1) is 11.7 Å². The highest BCUT2D eigenvalue weighted by Crippen LogP contribution is 2.30. The van der Waals surface area contributed by atoms with Gasteiger partial charge in [0.25, 0.3) is 0 Å². The molecular weight excluding hydrogens is 253 g/mol. The number of halogens is 3. The molecule has 0 saturated carbocycles. The maximum atomic E-state index is 12.5. The van der Waals surface area contributed by atoms with Crippen molar-refractivity contribution in [3.05, 3.63) is 35.4 Å². The zero-order valence-electron chi connectivity index (χ0n) is 11.6. The van der Waals surface area contributed by atoms with Crippen molar-refractivity contribution >= 4 is 0 Å². The summed E-state index contributed by atoms with van der Waals surface area (Å²) in [6.07, 6.45) is -2.89. The van der Waals surface area contributed by atoms with Crippen LogP contribution in [-0.4, -0.2) is 11.2 Å². The Morgan fingerprint density at radius 2 is 1.79 bits per heavy atom. The lowest BCUT2D eigenvalue weighted by atomic mass is 9.86. The van der Waals surface area contributed by atoms with Crippen LogP contribution in [0.25, 0.3) is 0 Å². The fourth-order valence-electron chi connectivity index (χ4n) is 1.84. The summed E-state index contributed by atoms with van der Waals surface area (Å²) in [7, 11) is 0. The van der Waals surface area contributed by atoms with Crippen molar-refractivity contribution in [3.63, 3.8) is 0 Å². The number of aryl methyl sites for hydroxylation is 1. The van der Waals surface area contributed by atoms with Crippen molar-refractivity contribution in [2.24, 2.45) is 5.41 Å². The van der Waals surface area contributed by atoms with Gasteiger partial charge in [-0.1, -0.05) is 39.0 Å². The lowest BCUT2D eigenvalue weighted by Gasteiger charge is -2.25. The Morgan fingerprint density at radius 1 is 1.16 bits per heavy atom. The van der Waals surface area contributed by atoms with E-state index in [1.165, 1.54) is 12.1 Å². The molecule has 1 atom stereocenters. The molecule has 0 aliphatic carbocycles. The Hall–Kier alpha value is -1.03. The average Bonchev–Trinajstić information content (AvgIpc) is 2.27. The Morgan fingerprint density at radius 3 is 2.32 bits per heavy atom. The highest BCUT2D eigenvalue weighted by molar-refractivity contribution is 5.25. The van der Waals surface area contributed by atoms with Gasteiger partial charge in [0.15, 0.2) is 0 Å². The molecular formula is C15H21F3O. The van der Waals surface area contributed by atoms with Gasteiger partial charge in [0, 0.05) is 0 Å². The normalized spacial score (nSPS) is 14.5. The zero-order chi connectivity index (χ0) is 14.7. The van der Waals surface area contributed by atoms with Crippen LogP contribution in [0.1, 0.15) is 44.7 Å². The van der Waals surface area contributed by atoms with Gasteiger partial charge >= 0.3 is 6.18 Å². The lowest BCUT2D eigenvalue weighted by molar-refractivity contribution is -0.137. The van der Waals surface area contributed by atoms with Gasteiger partial charge in [-0.15, -0.1) is 0 Å². The van der Waals surface area contributed by atoms with Gasteiger partial charge in [0.2, 0.25) is 0 Å². The van der Waals surface area contributed by atoms with Crippen molar-refractivity contribution in [2.45, 2.75) is 52.3 Å². The number of aliphatic hydroxyl groups excluding tert-OH is 1. The Labute approximate surface area is 112 Å². The molecule has 1 N–H and O–H groups in total. The summed E-state index contributed by atoms with van der Waals surface area (Å²) in [5.41, 5.74) is -0.134. The van der Waals surface area contributed by atoms with Crippen LogP contribution in [-0.2, 0) is 12.6 Å². The van der Waals surface area contributed by atoms with Gasteiger partial charge < -0.3 is 5.11 Å². The molecule has 1 aromatic carbocycles. The van der Waals surface area contributed by atoms with Gasteiger partial charge in [-0.05, 0) is 36.3 Å². The third-order valence-electron chi connectivity index (χ3n) is 3.20. The van der Waals surface area contributed by atoms with Crippen LogP contribution < -0.4 is 0 Å². The summed E-state index contributed by atoms with van der Waals surface area (Å²) >= 11 is 0. The van der Waals surface area contributed by atoms with E-state index < -0.39 is 17.8 Å². The van der Waals surface area contributed by atoms with E-state index in [0.29, 0.717) is 24.8 Å². The maximum Gasteiger partial charge on any atom is 0.416 e. The summed E-state index contributed by atoms with van der Waals surface area (Å²) in [4.78, 5) is 0. The molecule has 0 aromatic heterocycles. The van der Waals surface area contributed by atoms with E-state index in [-0.39, 0.29) is 5.41 Å². The second-order valence-corrected chi connectivity index (χ2v) is 5.97. The molecule has 0 saturated heterocycles. The van der Waals surface area contributed by atoms with Crippen molar-refractivity contribution in [1.29, 1.82) is 0 Å². The SMILES string of the molecule is CC(C)(C)C(O)CCCc1cccc(C(F)(F)F)c1. The predicted octanol–water partition coefficient (Wildman–Crippen LogP) is 4.44.